The molecule has 0 fully saturated rings. The summed E-state index contributed by atoms with van der Waals surface area (Å²) in [6, 6.07) is 7.01. The Kier molecular flexibility index (Phi) is 6.27. The van der Waals surface area contributed by atoms with Gasteiger partial charge in [0.2, 0.25) is 23.6 Å². The van der Waals surface area contributed by atoms with Crippen LogP contribution >= 0.6 is 0 Å². The molecule has 1 aromatic rings. The molecule has 0 bridgehead atoms. The summed E-state index contributed by atoms with van der Waals surface area (Å²) in [4.78, 5) is 48.2. The highest BCUT2D eigenvalue weighted by Crippen LogP contribution is 2.29. The maximum atomic E-state index is 12.4. The molecule has 1 aromatic carbocycles. The molecule has 0 saturated carbocycles. The summed E-state index contributed by atoms with van der Waals surface area (Å²) in [6.07, 6.45) is 1.15. The number of nitrogens with zero attached hydrogens (tertiary/aromatic N) is 1. The SMILES string of the molecule is C=CC(=O)NCCNC(=O)CCC(=O)N1CC(=O)Nc2ccccc21. The second kappa shape index (κ2) is 8.62. The first kappa shape index (κ1) is 18.2. The van der Waals surface area contributed by atoms with E-state index in [0.29, 0.717) is 11.4 Å². The van der Waals surface area contributed by atoms with Gasteiger partial charge in [-0.25, -0.2) is 0 Å². The molecule has 8 nitrogen and oxygen atoms in total. The molecule has 0 aliphatic carbocycles. The third-order valence-electron chi connectivity index (χ3n) is 3.57. The van der Waals surface area contributed by atoms with Crippen molar-refractivity contribution in [3.8, 4) is 0 Å². The monoisotopic (exact) mass is 344 g/mol. The van der Waals surface area contributed by atoms with Crippen LogP contribution in [0.3, 0.4) is 0 Å². The van der Waals surface area contributed by atoms with Crippen LogP contribution < -0.4 is 20.9 Å². The van der Waals surface area contributed by atoms with E-state index < -0.39 is 0 Å². The first-order valence-corrected chi connectivity index (χ1v) is 7.87. The van der Waals surface area contributed by atoms with Crippen LogP contribution in [0.25, 0.3) is 0 Å². The number of hydrogen-bond donors (Lipinski definition) is 3. The predicted octanol–water partition coefficient (Wildman–Crippen LogP) is 0.170. The highest BCUT2D eigenvalue weighted by Gasteiger charge is 2.26. The summed E-state index contributed by atoms with van der Waals surface area (Å²) in [7, 11) is 0. The van der Waals surface area contributed by atoms with Crippen molar-refractivity contribution in [2.75, 3.05) is 29.9 Å². The highest BCUT2D eigenvalue weighted by molar-refractivity contribution is 6.10. The zero-order chi connectivity index (χ0) is 18.2. The van der Waals surface area contributed by atoms with Crippen molar-refractivity contribution in [2.24, 2.45) is 0 Å². The number of hydrogen-bond acceptors (Lipinski definition) is 4. The largest absolute Gasteiger partial charge is 0.354 e. The molecule has 4 amide bonds. The maximum absolute atomic E-state index is 12.4. The van der Waals surface area contributed by atoms with Gasteiger partial charge in [0.05, 0.1) is 11.4 Å². The molecule has 2 rings (SSSR count). The standard InChI is InChI=1S/C17H20N4O4/c1-2-14(22)18-9-10-19-15(23)7-8-17(25)21-11-16(24)20-12-5-3-4-6-13(12)21/h2-6H,1,7-11H2,(H,18,22)(H,19,23)(H,20,24). The van der Waals surface area contributed by atoms with Gasteiger partial charge in [-0.2, -0.15) is 0 Å². The summed E-state index contributed by atoms with van der Waals surface area (Å²) in [6.45, 7) is 3.80. The van der Waals surface area contributed by atoms with E-state index in [-0.39, 0.29) is 56.1 Å². The van der Waals surface area contributed by atoms with E-state index in [1.807, 2.05) is 0 Å². The lowest BCUT2D eigenvalue weighted by Gasteiger charge is -2.29. The molecule has 1 heterocycles. The molecule has 8 heteroatoms. The lowest BCUT2D eigenvalue weighted by Crippen LogP contribution is -2.42. The van der Waals surface area contributed by atoms with Gasteiger partial charge in [-0.1, -0.05) is 18.7 Å². The van der Waals surface area contributed by atoms with Crippen molar-refractivity contribution in [1.29, 1.82) is 0 Å². The molecule has 25 heavy (non-hydrogen) atoms. The fourth-order valence-electron chi connectivity index (χ4n) is 2.36. The number of benzene rings is 1. The lowest BCUT2D eigenvalue weighted by molar-refractivity contribution is -0.125. The van der Waals surface area contributed by atoms with Gasteiger partial charge in [-0.15, -0.1) is 0 Å². The Morgan fingerprint density at radius 1 is 1.16 bits per heavy atom. The maximum Gasteiger partial charge on any atom is 0.244 e. The Morgan fingerprint density at radius 2 is 1.88 bits per heavy atom. The molecule has 0 aromatic heterocycles. The number of anilines is 2. The predicted molar refractivity (Wildman–Crippen MR) is 92.9 cm³/mol. The number of nitrogens with one attached hydrogen (secondary N) is 3. The van der Waals surface area contributed by atoms with Gasteiger partial charge in [-0.05, 0) is 18.2 Å². The summed E-state index contributed by atoms with van der Waals surface area (Å²) in [5.74, 6) is -1.17. The van der Waals surface area contributed by atoms with E-state index in [0.717, 1.165) is 6.08 Å². The number of rotatable bonds is 7. The van der Waals surface area contributed by atoms with E-state index >= 15 is 0 Å². The quantitative estimate of drug-likeness (QED) is 0.484. The van der Waals surface area contributed by atoms with Crippen LogP contribution in [0.2, 0.25) is 0 Å². The number of carbonyl (C=O) groups is 4. The molecule has 0 atom stereocenters. The normalized spacial score (nSPS) is 12.6. The van der Waals surface area contributed by atoms with Gasteiger partial charge >= 0.3 is 0 Å². The minimum Gasteiger partial charge on any atom is -0.354 e. The van der Waals surface area contributed by atoms with Crippen LogP contribution in [0.5, 0.6) is 0 Å². The Balaban J connectivity index is 1.80. The van der Waals surface area contributed by atoms with Crippen molar-refractivity contribution in [2.45, 2.75) is 12.8 Å². The number of para-hydroxylation sites is 2. The third-order valence-corrected chi connectivity index (χ3v) is 3.57. The van der Waals surface area contributed by atoms with E-state index in [4.69, 9.17) is 0 Å². The van der Waals surface area contributed by atoms with E-state index in [1.165, 1.54) is 4.90 Å². The Bertz CT molecular complexity index is 702. The molecule has 1 aliphatic rings. The number of carbonyl (C=O) groups excluding carboxylic acids is 4. The van der Waals surface area contributed by atoms with E-state index in [9.17, 15) is 19.2 Å². The van der Waals surface area contributed by atoms with Gasteiger partial charge in [0.25, 0.3) is 0 Å². The third kappa shape index (κ3) is 5.17. The minimum atomic E-state index is -0.313. The van der Waals surface area contributed by atoms with Crippen LogP contribution in [-0.2, 0) is 19.2 Å². The van der Waals surface area contributed by atoms with Crippen LogP contribution in [0.4, 0.5) is 11.4 Å². The molecule has 0 spiro atoms. The zero-order valence-corrected chi connectivity index (χ0v) is 13.7. The van der Waals surface area contributed by atoms with E-state index in [2.05, 4.69) is 22.5 Å². The van der Waals surface area contributed by atoms with E-state index in [1.54, 1.807) is 24.3 Å². The summed E-state index contributed by atoms with van der Waals surface area (Å²) >= 11 is 0. The van der Waals surface area contributed by atoms with Gasteiger partial charge in [0, 0.05) is 25.9 Å². The van der Waals surface area contributed by atoms with Crippen molar-refractivity contribution < 1.29 is 19.2 Å². The first-order chi connectivity index (χ1) is 12.0. The molecular weight excluding hydrogens is 324 g/mol. The van der Waals surface area contributed by atoms with Gasteiger partial charge in [0.15, 0.2) is 0 Å². The topological polar surface area (TPSA) is 108 Å². The Morgan fingerprint density at radius 3 is 2.64 bits per heavy atom. The van der Waals surface area contributed by atoms with Crippen LogP contribution in [0.15, 0.2) is 36.9 Å². The van der Waals surface area contributed by atoms with Crippen molar-refractivity contribution in [1.82, 2.24) is 10.6 Å². The average molecular weight is 344 g/mol. The molecule has 132 valence electrons. The van der Waals surface area contributed by atoms with Crippen LogP contribution in [-0.4, -0.2) is 43.3 Å². The fraction of sp³-hybridized carbons (Fsp3) is 0.294. The van der Waals surface area contributed by atoms with Crippen LogP contribution in [0, 0.1) is 0 Å². The Labute approximate surface area is 145 Å². The lowest BCUT2D eigenvalue weighted by atomic mass is 10.1. The fourth-order valence-corrected chi connectivity index (χ4v) is 2.36. The molecule has 0 saturated heterocycles. The van der Waals surface area contributed by atoms with Gasteiger partial charge in [-0.3, -0.25) is 19.2 Å². The minimum absolute atomic E-state index is 0.00748. The van der Waals surface area contributed by atoms with Gasteiger partial charge < -0.3 is 20.9 Å². The van der Waals surface area contributed by atoms with Crippen LogP contribution in [0.1, 0.15) is 12.8 Å². The number of amides is 4. The summed E-state index contributed by atoms with van der Waals surface area (Å²) in [5.41, 5.74) is 1.20. The molecule has 3 N–H and O–H groups in total. The van der Waals surface area contributed by atoms with Crippen molar-refractivity contribution >= 4 is 35.0 Å². The van der Waals surface area contributed by atoms with Crippen molar-refractivity contribution in [3.63, 3.8) is 0 Å². The average Bonchev–Trinajstić information content (AvgIpc) is 2.62. The zero-order valence-electron chi connectivity index (χ0n) is 13.7. The molecule has 1 aliphatic heterocycles. The molecule has 0 unspecified atom stereocenters. The summed E-state index contributed by atoms with van der Waals surface area (Å²) in [5, 5.41) is 7.84. The second-order valence-electron chi connectivity index (χ2n) is 5.39. The molecule has 0 radical (unpaired) electrons. The van der Waals surface area contributed by atoms with Crippen molar-refractivity contribution in [3.05, 3.63) is 36.9 Å². The van der Waals surface area contributed by atoms with Gasteiger partial charge in [0.1, 0.15) is 6.54 Å². The second-order valence-corrected chi connectivity index (χ2v) is 5.39. The summed E-state index contributed by atoms with van der Waals surface area (Å²) < 4.78 is 0. The molecular formula is C17H20N4O4. The highest BCUT2D eigenvalue weighted by atomic mass is 16.2. The Hall–Kier alpha value is -3.16. The number of fused-ring (bicyclic) bond motifs is 1. The first-order valence-electron chi connectivity index (χ1n) is 7.87. The smallest absolute Gasteiger partial charge is 0.244 e.